The fourth-order valence-corrected chi connectivity index (χ4v) is 2.42. The standard InChI is InChI=1S/C16H19F3O5S/c1-3-4-5-6-13(11-15(20)23-2)12-7-9-14(10-8-12)24-25(21,22)16(17,18)19/h7-11H,3-6H2,1-2H3/b13-11+. The number of esters is 1. The Morgan fingerprint density at radius 3 is 2.24 bits per heavy atom. The summed E-state index contributed by atoms with van der Waals surface area (Å²) in [6.07, 6.45) is 4.62. The second kappa shape index (κ2) is 8.89. The number of carbonyl (C=O) groups is 1. The molecule has 0 aliphatic carbocycles. The summed E-state index contributed by atoms with van der Waals surface area (Å²) in [5, 5.41) is 0. The molecule has 1 aromatic carbocycles. The van der Waals surface area contributed by atoms with E-state index in [9.17, 15) is 26.4 Å². The number of benzene rings is 1. The minimum Gasteiger partial charge on any atom is -0.466 e. The van der Waals surface area contributed by atoms with Gasteiger partial charge in [0.15, 0.2) is 0 Å². The molecule has 0 bridgehead atoms. The zero-order chi connectivity index (χ0) is 19.1. The third-order valence-electron chi connectivity index (χ3n) is 3.26. The van der Waals surface area contributed by atoms with E-state index in [4.69, 9.17) is 0 Å². The van der Waals surface area contributed by atoms with Gasteiger partial charge in [-0.15, -0.1) is 0 Å². The highest BCUT2D eigenvalue weighted by atomic mass is 32.2. The summed E-state index contributed by atoms with van der Waals surface area (Å²) in [6, 6.07) is 4.98. The minimum absolute atomic E-state index is 0.466. The number of ether oxygens (including phenoxy) is 1. The van der Waals surface area contributed by atoms with Gasteiger partial charge in [0.05, 0.1) is 7.11 Å². The second-order valence-electron chi connectivity index (χ2n) is 5.16. The van der Waals surface area contributed by atoms with Gasteiger partial charge in [0.1, 0.15) is 5.75 Å². The van der Waals surface area contributed by atoms with Crippen LogP contribution in [-0.4, -0.2) is 27.0 Å². The first-order valence-corrected chi connectivity index (χ1v) is 8.91. The smallest absolute Gasteiger partial charge is 0.466 e. The summed E-state index contributed by atoms with van der Waals surface area (Å²) < 4.78 is 67.5. The van der Waals surface area contributed by atoms with Crippen LogP contribution in [0.2, 0.25) is 0 Å². The molecule has 0 unspecified atom stereocenters. The largest absolute Gasteiger partial charge is 0.534 e. The first kappa shape index (κ1) is 21.0. The Morgan fingerprint density at radius 2 is 1.76 bits per heavy atom. The highest BCUT2D eigenvalue weighted by molar-refractivity contribution is 7.88. The van der Waals surface area contributed by atoms with Gasteiger partial charge in [-0.3, -0.25) is 0 Å². The van der Waals surface area contributed by atoms with Gasteiger partial charge in [-0.1, -0.05) is 31.9 Å². The zero-order valence-corrected chi connectivity index (χ0v) is 14.6. The van der Waals surface area contributed by atoms with Gasteiger partial charge in [0, 0.05) is 6.08 Å². The number of rotatable bonds is 8. The first-order valence-electron chi connectivity index (χ1n) is 7.50. The van der Waals surface area contributed by atoms with Crippen LogP contribution in [0, 0.1) is 0 Å². The van der Waals surface area contributed by atoms with Crippen LogP contribution in [0.3, 0.4) is 0 Å². The molecule has 0 heterocycles. The molecule has 0 atom stereocenters. The van der Waals surface area contributed by atoms with Crippen LogP contribution in [0.15, 0.2) is 30.3 Å². The molecule has 0 radical (unpaired) electrons. The van der Waals surface area contributed by atoms with Crippen molar-refractivity contribution < 1.29 is 35.3 Å². The third-order valence-corrected chi connectivity index (χ3v) is 4.24. The van der Waals surface area contributed by atoms with E-state index in [1.165, 1.54) is 25.3 Å². The molecule has 5 nitrogen and oxygen atoms in total. The predicted molar refractivity (Wildman–Crippen MR) is 86.2 cm³/mol. The molecule has 0 spiro atoms. The van der Waals surface area contributed by atoms with E-state index in [-0.39, 0.29) is 0 Å². The van der Waals surface area contributed by atoms with Crippen LogP contribution in [-0.2, 0) is 19.6 Å². The maximum Gasteiger partial charge on any atom is 0.534 e. The maximum absolute atomic E-state index is 12.3. The lowest BCUT2D eigenvalue weighted by atomic mass is 9.99. The Balaban J connectivity index is 3.00. The van der Waals surface area contributed by atoms with Crippen molar-refractivity contribution in [2.45, 2.75) is 38.1 Å². The molecule has 0 aliphatic heterocycles. The lowest BCUT2D eigenvalue weighted by molar-refractivity contribution is -0.134. The van der Waals surface area contributed by atoms with E-state index in [1.54, 1.807) is 0 Å². The van der Waals surface area contributed by atoms with Crippen LogP contribution in [0.25, 0.3) is 5.57 Å². The molecule has 0 saturated heterocycles. The molecule has 0 fully saturated rings. The molecule has 25 heavy (non-hydrogen) atoms. The van der Waals surface area contributed by atoms with Crippen molar-refractivity contribution in [3.05, 3.63) is 35.9 Å². The molecule has 0 amide bonds. The van der Waals surface area contributed by atoms with Gasteiger partial charge in [-0.05, 0) is 36.1 Å². The molecule has 0 N–H and O–H groups in total. The van der Waals surface area contributed by atoms with E-state index in [0.29, 0.717) is 17.6 Å². The summed E-state index contributed by atoms with van der Waals surface area (Å²) in [7, 11) is -4.48. The molecule has 1 rings (SSSR count). The fraction of sp³-hybridized carbons (Fsp3) is 0.438. The van der Waals surface area contributed by atoms with Gasteiger partial charge in [-0.2, -0.15) is 21.6 Å². The zero-order valence-electron chi connectivity index (χ0n) is 13.8. The van der Waals surface area contributed by atoms with Crippen molar-refractivity contribution in [3.8, 4) is 5.75 Å². The first-order chi connectivity index (χ1) is 11.6. The topological polar surface area (TPSA) is 69.7 Å². The summed E-state index contributed by atoms with van der Waals surface area (Å²) in [4.78, 5) is 11.5. The molecular formula is C16H19F3O5S. The maximum atomic E-state index is 12.3. The van der Waals surface area contributed by atoms with E-state index in [1.807, 2.05) is 6.92 Å². The van der Waals surface area contributed by atoms with Crippen molar-refractivity contribution in [3.63, 3.8) is 0 Å². The highest BCUT2D eigenvalue weighted by Crippen LogP contribution is 2.28. The monoisotopic (exact) mass is 380 g/mol. The second-order valence-corrected chi connectivity index (χ2v) is 6.70. The van der Waals surface area contributed by atoms with Gasteiger partial charge < -0.3 is 8.92 Å². The lowest BCUT2D eigenvalue weighted by Crippen LogP contribution is -2.28. The molecule has 0 aromatic heterocycles. The van der Waals surface area contributed by atoms with Crippen LogP contribution in [0.1, 0.15) is 38.2 Å². The number of alkyl halides is 3. The van der Waals surface area contributed by atoms with E-state index in [2.05, 4.69) is 8.92 Å². The molecule has 0 aliphatic rings. The SMILES string of the molecule is CCCCC/C(=C\C(=O)OC)c1ccc(OS(=O)(=O)C(F)(F)F)cc1. The molecule has 0 saturated carbocycles. The van der Waals surface area contributed by atoms with Gasteiger partial charge in [0.2, 0.25) is 0 Å². The third kappa shape index (κ3) is 6.41. The van der Waals surface area contributed by atoms with Crippen molar-refractivity contribution in [2.24, 2.45) is 0 Å². The fourth-order valence-electron chi connectivity index (χ4n) is 1.96. The Kier molecular flexibility index (Phi) is 7.47. The van der Waals surface area contributed by atoms with E-state index < -0.39 is 27.3 Å². The molecule has 1 aromatic rings. The number of allylic oxidation sites excluding steroid dienone is 1. The van der Waals surface area contributed by atoms with Crippen molar-refractivity contribution in [1.82, 2.24) is 0 Å². The lowest BCUT2D eigenvalue weighted by Gasteiger charge is -2.11. The summed E-state index contributed by atoms with van der Waals surface area (Å²) in [5.41, 5.74) is -4.29. The predicted octanol–water partition coefficient (Wildman–Crippen LogP) is 4.05. The number of unbranched alkanes of at least 4 members (excludes halogenated alkanes) is 2. The normalized spacial score (nSPS) is 12.8. The highest BCUT2D eigenvalue weighted by Gasteiger charge is 2.48. The average molecular weight is 380 g/mol. The number of hydrogen-bond donors (Lipinski definition) is 0. The number of methoxy groups -OCH3 is 1. The van der Waals surface area contributed by atoms with Crippen LogP contribution >= 0.6 is 0 Å². The summed E-state index contributed by atoms with van der Waals surface area (Å²) >= 11 is 0. The number of halogens is 3. The van der Waals surface area contributed by atoms with Crippen molar-refractivity contribution in [1.29, 1.82) is 0 Å². The van der Waals surface area contributed by atoms with Crippen LogP contribution in [0.5, 0.6) is 5.75 Å². The van der Waals surface area contributed by atoms with E-state index >= 15 is 0 Å². The average Bonchev–Trinajstić information content (AvgIpc) is 2.53. The molecule has 9 heteroatoms. The van der Waals surface area contributed by atoms with Crippen LogP contribution < -0.4 is 4.18 Å². The van der Waals surface area contributed by atoms with Gasteiger partial charge in [0.25, 0.3) is 0 Å². The quantitative estimate of drug-likeness (QED) is 0.224. The number of carbonyl (C=O) groups excluding carboxylic acids is 1. The van der Waals surface area contributed by atoms with Gasteiger partial charge >= 0.3 is 21.6 Å². The molecular weight excluding hydrogens is 361 g/mol. The minimum atomic E-state index is -5.71. The number of hydrogen-bond acceptors (Lipinski definition) is 5. The van der Waals surface area contributed by atoms with E-state index in [0.717, 1.165) is 31.4 Å². The Labute approximate surface area is 144 Å². The Hall–Kier alpha value is -2.03. The van der Waals surface area contributed by atoms with Gasteiger partial charge in [-0.25, -0.2) is 4.79 Å². The Morgan fingerprint density at radius 1 is 1.16 bits per heavy atom. The molecule has 140 valence electrons. The Bertz CT molecular complexity index is 706. The van der Waals surface area contributed by atoms with Crippen molar-refractivity contribution in [2.75, 3.05) is 7.11 Å². The summed E-state index contributed by atoms with van der Waals surface area (Å²) in [5.74, 6) is -1.02. The van der Waals surface area contributed by atoms with Crippen LogP contribution in [0.4, 0.5) is 13.2 Å². The summed E-state index contributed by atoms with van der Waals surface area (Å²) in [6.45, 7) is 2.02. The van der Waals surface area contributed by atoms with Crippen molar-refractivity contribution >= 4 is 21.7 Å².